The van der Waals surface area contributed by atoms with Crippen LogP contribution in [0.2, 0.25) is 0 Å². The lowest BCUT2D eigenvalue weighted by Gasteiger charge is -2.17. The SMILES string of the molecule is O=[N+]([O-])c1cncnc1Nc1cccc(OC(F)(F)C(F)F)c1. The van der Waals surface area contributed by atoms with Crippen LogP contribution in [-0.4, -0.2) is 27.4 Å². The van der Waals surface area contributed by atoms with Crippen LogP contribution in [0, 0.1) is 10.1 Å². The molecule has 1 N–H and O–H groups in total. The maximum absolute atomic E-state index is 12.9. The fourth-order valence-corrected chi connectivity index (χ4v) is 1.53. The van der Waals surface area contributed by atoms with Crippen molar-refractivity contribution in [3.8, 4) is 5.75 Å². The van der Waals surface area contributed by atoms with Gasteiger partial charge >= 0.3 is 18.2 Å². The third-order valence-electron chi connectivity index (χ3n) is 2.49. The minimum absolute atomic E-state index is 0.0781. The Balaban J connectivity index is 2.23. The molecule has 1 aromatic heterocycles. The molecular weight excluding hydrogens is 324 g/mol. The van der Waals surface area contributed by atoms with Crippen molar-refractivity contribution in [1.82, 2.24) is 9.97 Å². The van der Waals surface area contributed by atoms with Gasteiger partial charge in [0.1, 0.15) is 18.3 Å². The van der Waals surface area contributed by atoms with E-state index in [0.717, 1.165) is 24.7 Å². The van der Waals surface area contributed by atoms with Crippen molar-refractivity contribution in [2.45, 2.75) is 12.5 Å². The zero-order valence-corrected chi connectivity index (χ0v) is 11.1. The Morgan fingerprint density at radius 1 is 1.35 bits per heavy atom. The highest BCUT2D eigenvalue weighted by molar-refractivity contribution is 5.65. The van der Waals surface area contributed by atoms with E-state index in [9.17, 15) is 27.7 Å². The number of hydrogen-bond acceptors (Lipinski definition) is 6. The number of nitrogens with zero attached hydrogens (tertiary/aromatic N) is 3. The molecule has 2 rings (SSSR count). The maximum Gasteiger partial charge on any atom is 0.461 e. The van der Waals surface area contributed by atoms with Crippen LogP contribution in [0.15, 0.2) is 36.8 Å². The molecule has 1 heterocycles. The number of benzene rings is 1. The molecule has 0 bridgehead atoms. The summed E-state index contributed by atoms with van der Waals surface area (Å²) >= 11 is 0. The van der Waals surface area contributed by atoms with Gasteiger partial charge in [0.15, 0.2) is 0 Å². The van der Waals surface area contributed by atoms with E-state index in [0.29, 0.717) is 0 Å². The van der Waals surface area contributed by atoms with Gasteiger partial charge in [-0.2, -0.15) is 17.6 Å². The molecule has 23 heavy (non-hydrogen) atoms. The lowest BCUT2D eigenvalue weighted by molar-refractivity contribution is -0.384. The standard InChI is InChI=1S/C12H8F4N4O3/c13-11(14)12(15,16)23-8-3-1-2-7(4-8)19-10-9(20(21)22)5-17-6-18-10/h1-6,11H,(H,17,18,19). The van der Waals surface area contributed by atoms with E-state index in [1.807, 2.05) is 0 Å². The zero-order chi connectivity index (χ0) is 17.0. The monoisotopic (exact) mass is 332 g/mol. The Bertz CT molecular complexity index is 714. The largest absolute Gasteiger partial charge is 0.461 e. The highest BCUT2D eigenvalue weighted by Crippen LogP contribution is 2.30. The molecule has 0 aliphatic rings. The summed E-state index contributed by atoms with van der Waals surface area (Å²) in [5.74, 6) is -0.736. The first-order valence-corrected chi connectivity index (χ1v) is 5.96. The van der Waals surface area contributed by atoms with Crippen molar-refractivity contribution in [1.29, 1.82) is 0 Å². The first kappa shape index (κ1) is 16.4. The summed E-state index contributed by atoms with van der Waals surface area (Å²) in [7, 11) is 0. The molecule has 11 heteroatoms. The molecule has 7 nitrogen and oxygen atoms in total. The second-order valence-electron chi connectivity index (χ2n) is 4.13. The minimum atomic E-state index is -4.65. The molecule has 0 atom stereocenters. The molecule has 0 saturated heterocycles. The van der Waals surface area contributed by atoms with E-state index in [1.54, 1.807) is 0 Å². The van der Waals surface area contributed by atoms with Gasteiger partial charge in [-0.3, -0.25) is 10.1 Å². The maximum atomic E-state index is 12.9. The van der Waals surface area contributed by atoms with E-state index in [2.05, 4.69) is 20.0 Å². The summed E-state index contributed by atoms with van der Waals surface area (Å²) in [6, 6.07) is 4.61. The summed E-state index contributed by atoms with van der Waals surface area (Å²) in [6.07, 6.45) is -6.66. The number of halogens is 4. The normalized spacial score (nSPS) is 11.3. The Morgan fingerprint density at radius 3 is 2.74 bits per heavy atom. The first-order chi connectivity index (χ1) is 10.8. The van der Waals surface area contributed by atoms with E-state index in [1.165, 1.54) is 12.1 Å². The van der Waals surface area contributed by atoms with Crippen LogP contribution in [0.1, 0.15) is 0 Å². The lowest BCUT2D eigenvalue weighted by Crippen LogP contribution is -2.33. The Kier molecular flexibility index (Phi) is 4.57. The average molecular weight is 332 g/mol. The van der Waals surface area contributed by atoms with Crippen molar-refractivity contribution in [2.75, 3.05) is 5.32 Å². The fraction of sp³-hybridized carbons (Fsp3) is 0.167. The van der Waals surface area contributed by atoms with E-state index in [4.69, 9.17) is 0 Å². The number of alkyl halides is 4. The molecule has 0 unspecified atom stereocenters. The highest BCUT2D eigenvalue weighted by atomic mass is 19.3. The first-order valence-electron chi connectivity index (χ1n) is 5.96. The van der Waals surface area contributed by atoms with Crippen molar-refractivity contribution >= 4 is 17.2 Å². The predicted octanol–water partition coefficient (Wildman–Crippen LogP) is 3.37. The fourth-order valence-electron chi connectivity index (χ4n) is 1.53. The average Bonchev–Trinajstić information content (AvgIpc) is 2.47. The number of rotatable bonds is 6. The van der Waals surface area contributed by atoms with Gasteiger partial charge in [0.05, 0.1) is 4.92 Å². The van der Waals surface area contributed by atoms with Gasteiger partial charge in [0.2, 0.25) is 5.82 Å². The van der Waals surface area contributed by atoms with Crippen LogP contribution >= 0.6 is 0 Å². The summed E-state index contributed by atoms with van der Waals surface area (Å²) in [6.45, 7) is 0. The van der Waals surface area contributed by atoms with Crippen LogP contribution in [0.5, 0.6) is 5.75 Å². The lowest BCUT2D eigenvalue weighted by atomic mass is 10.3. The number of aromatic nitrogens is 2. The number of nitro groups is 1. The molecule has 0 fully saturated rings. The molecule has 0 aliphatic carbocycles. The van der Waals surface area contributed by atoms with E-state index >= 15 is 0 Å². The molecule has 122 valence electrons. The van der Waals surface area contributed by atoms with Crippen LogP contribution in [0.25, 0.3) is 0 Å². The smallest absolute Gasteiger partial charge is 0.428 e. The third-order valence-corrected chi connectivity index (χ3v) is 2.49. The van der Waals surface area contributed by atoms with Gasteiger partial charge in [0.25, 0.3) is 0 Å². The topological polar surface area (TPSA) is 90.2 Å². The summed E-state index contributed by atoms with van der Waals surface area (Å²) in [4.78, 5) is 17.2. The van der Waals surface area contributed by atoms with Gasteiger partial charge < -0.3 is 10.1 Å². The van der Waals surface area contributed by atoms with Crippen LogP contribution in [0.3, 0.4) is 0 Å². The molecule has 0 amide bonds. The predicted molar refractivity (Wildman–Crippen MR) is 70.0 cm³/mol. The van der Waals surface area contributed by atoms with Gasteiger partial charge in [-0.15, -0.1) is 0 Å². The van der Waals surface area contributed by atoms with Gasteiger partial charge in [0, 0.05) is 11.8 Å². The summed E-state index contributed by atoms with van der Waals surface area (Å²) < 4.78 is 53.9. The van der Waals surface area contributed by atoms with Crippen LogP contribution in [0.4, 0.5) is 34.8 Å². The zero-order valence-electron chi connectivity index (χ0n) is 11.1. The van der Waals surface area contributed by atoms with Crippen molar-refractivity contribution < 1.29 is 27.2 Å². The van der Waals surface area contributed by atoms with Crippen LogP contribution in [-0.2, 0) is 0 Å². The second kappa shape index (κ2) is 6.42. The van der Waals surface area contributed by atoms with E-state index < -0.39 is 28.9 Å². The molecule has 0 saturated carbocycles. The minimum Gasteiger partial charge on any atom is -0.428 e. The molecule has 0 radical (unpaired) electrons. The quantitative estimate of drug-likeness (QED) is 0.495. The summed E-state index contributed by atoms with van der Waals surface area (Å²) in [5, 5.41) is 13.3. The number of ether oxygens (including phenoxy) is 1. The third kappa shape index (κ3) is 4.02. The van der Waals surface area contributed by atoms with Crippen LogP contribution < -0.4 is 10.1 Å². The molecule has 0 aliphatic heterocycles. The van der Waals surface area contributed by atoms with Gasteiger partial charge in [-0.25, -0.2) is 9.97 Å². The Hall–Kier alpha value is -2.98. The summed E-state index contributed by atoms with van der Waals surface area (Å²) in [5.41, 5.74) is -0.369. The molecule has 0 spiro atoms. The Morgan fingerprint density at radius 2 is 2.09 bits per heavy atom. The second-order valence-corrected chi connectivity index (χ2v) is 4.13. The van der Waals surface area contributed by atoms with Crippen molar-refractivity contribution in [2.24, 2.45) is 0 Å². The van der Waals surface area contributed by atoms with Gasteiger partial charge in [-0.05, 0) is 12.1 Å². The molecule has 2 aromatic rings. The number of hydrogen-bond donors (Lipinski definition) is 1. The molecule has 1 aromatic carbocycles. The van der Waals surface area contributed by atoms with E-state index in [-0.39, 0.29) is 11.5 Å². The molecular formula is C12H8F4N4O3. The number of nitrogens with one attached hydrogen (secondary N) is 1. The van der Waals surface area contributed by atoms with Gasteiger partial charge in [-0.1, -0.05) is 6.07 Å². The van der Waals surface area contributed by atoms with Crippen molar-refractivity contribution in [3.63, 3.8) is 0 Å². The number of anilines is 2. The Labute approximate surface area is 126 Å². The highest BCUT2D eigenvalue weighted by Gasteiger charge is 2.44. The van der Waals surface area contributed by atoms with Crippen molar-refractivity contribution in [3.05, 3.63) is 46.9 Å².